The molecule has 1 aliphatic carbocycles. The van der Waals surface area contributed by atoms with Gasteiger partial charge in [-0.3, -0.25) is 4.99 Å². The normalized spacial score (nSPS) is 16.7. The number of furan rings is 1. The van der Waals surface area contributed by atoms with E-state index < -0.39 is 12.2 Å². The molecule has 9 aromatic rings. The lowest BCUT2D eigenvalue weighted by Gasteiger charge is -2.24. The highest BCUT2D eigenvalue weighted by Gasteiger charge is 2.38. The molecule has 0 saturated heterocycles. The maximum Gasteiger partial charge on any atom is 0.169 e. The van der Waals surface area contributed by atoms with Gasteiger partial charge in [0.25, 0.3) is 0 Å². The second-order valence-electron chi connectivity index (χ2n) is 14.7. The minimum absolute atomic E-state index is 0.435. The molecule has 1 N–H and O–H groups in total. The fourth-order valence-corrected chi connectivity index (χ4v) is 8.98. The van der Waals surface area contributed by atoms with Crippen LogP contribution in [-0.2, 0) is 0 Å². The summed E-state index contributed by atoms with van der Waals surface area (Å²) >= 11 is 0. The summed E-state index contributed by atoms with van der Waals surface area (Å²) in [5.41, 5.74) is 13.2. The van der Waals surface area contributed by atoms with Crippen LogP contribution in [0, 0.1) is 0 Å². The monoisotopic (exact) mass is 716 g/mol. The topological polar surface area (TPSA) is 62.2 Å². The summed E-state index contributed by atoms with van der Waals surface area (Å²) in [6.07, 6.45) is -0.473. The molecule has 0 fully saturated rings. The van der Waals surface area contributed by atoms with Crippen molar-refractivity contribution in [3.8, 4) is 33.4 Å². The van der Waals surface area contributed by atoms with Gasteiger partial charge in [-0.15, -0.1) is 0 Å². The van der Waals surface area contributed by atoms with Gasteiger partial charge in [0.15, 0.2) is 11.9 Å². The molecular weight excluding hydrogens is 685 g/mol. The molecule has 1 aromatic heterocycles. The van der Waals surface area contributed by atoms with E-state index in [0.29, 0.717) is 0 Å². The summed E-state index contributed by atoms with van der Waals surface area (Å²) in [4.78, 5) is 16.1. The van der Waals surface area contributed by atoms with Crippen LogP contribution in [0.3, 0.4) is 0 Å². The van der Waals surface area contributed by atoms with Gasteiger partial charge in [0.05, 0.1) is 0 Å². The molecule has 2 aliphatic heterocycles. The Hall–Kier alpha value is -7.37. The number of rotatable bonds is 5. The van der Waals surface area contributed by atoms with Crippen LogP contribution < -0.4 is 5.32 Å². The Bertz CT molecular complexity index is 3140. The third kappa shape index (κ3) is 4.64. The lowest BCUT2D eigenvalue weighted by Crippen LogP contribution is -2.38. The number of nitrogens with zero attached hydrogens (tertiary/aromatic N) is 3. The number of amidine groups is 2. The van der Waals surface area contributed by atoms with Crippen molar-refractivity contribution in [2.24, 2.45) is 15.0 Å². The van der Waals surface area contributed by atoms with Gasteiger partial charge >= 0.3 is 0 Å². The lowest BCUT2D eigenvalue weighted by atomic mass is 9.94. The Morgan fingerprint density at radius 3 is 1.95 bits per heavy atom. The number of para-hydroxylation sites is 1. The van der Waals surface area contributed by atoms with Crippen molar-refractivity contribution in [1.29, 1.82) is 0 Å². The van der Waals surface area contributed by atoms with E-state index in [1.165, 1.54) is 44.0 Å². The molecule has 262 valence electrons. The Morgan fingerprint density at radius 2 is 1.09 bits per heavy atom. The predicted octanol–water partition coefficient (Wildman–Crippen LogP) is 12.1. The SMILES string of the molecule is c1ccc(C2=NC(c3ccc(-c4cccc5ccccc45)cc3)N=C(C3N=C(c4ccc5c6c(cccc46)-c4ccccc4-5)c4oc5ccccc5c43)N2)cc1. The smallest absolute Gasteiger partial charge is 0.169 e. The molecule has 2 unspecified atom stereocenters. The summed E-state index contributed by atoms with van der Waals surface area (Å²) in [5.74, 6) is 2.29. The molecule has 56 heavy (non-hydrogen) atoms. The van der Waals surface area contributed by atoms with Crippen molar-refractivity contribution >= 4 is 49.9 Å². The van der Waals surface area contributed by atoms with Gasteiger partial charge in [-0.25, -0.2) is 9.98 Å². The Morgan fingerprint density at radius 1 is 0.446 bits per heavy atom. The van der Waals surface area contributed by atoms with Crippen LogP contribution in [0.5, 0.6) is 0 Å². The first-order valence-corrected chi connectivity index (χ1v) is 19.1. The van der Waals surface area contributed by atoms with Crippen LogP contribution in [0.25, 0.3) is 65.9 Å². The van der Waals surface area contributed by atoms with Crippen molar-refractivity contribution < 1.29 is 4.42 Å². The summed E-state index contributed by atoms with van der Waals surface area (Å²) in [5, 5.41) is 9.58. The summed E-state index contributed by atoms with van der Waals surface area (Å²) < 4.78 is 6.75. The average Bonchev–Trinajstić information content (AvgIpc) is 3.94. The van der Waals surface area contributed by atoms with E-state index in [4.69, 9.17) is 19.4 Å². The van der Waals surface area contributed by atoms with Crippen molar-refractivity contribution in [2.45, 2.75) is 12.2 Å². The first kappa shape index (κ1) is 31.0. The summed E-state index contributed by atoms with van der Waals surface area (Å²) in [6, 6.07) is 61.6. The molecule has 12 rings (SSSR count). The second-order valence-corrected chi connectivity index (χ2v) is 14.7. The number of benzene rings is 8. The van der Waals surface area contributed by atoms with E-state index in [0.717, 1.165) is 67.3 Å². The van der Waals surface area contributed by atoms with Crippen molar-refractivity contribution in [2.75, 3.05) is 0 Å². The first-order chi connectivity index (χ1) is 27.8. The third-order valence-electron chi connectivity index (χ3n) is 11.6. The number of nitrogens with one attached hydrogen (secondary N) is 1. The maximum atomic E-state index is 6.75. The van der Waals surface area contributed by atoms with Crippen LogP contribution in [0.15, 0.2) is 195 Å². The third-order valence-corrected chi connectivity index (χ3v) is 11.6. The van der Waals surface area contributed by atoms with Crippen LogP contribution in [0.1, 0.15) is 40.2 Å². The van der Waals surface area contributed by atoms with Crippen LogP contribution >= 0.6 is 0 Å². The average molecular weight is 717 g/mol. The largest absolute Gasteiger partial charge is 0.454 e. The van der Waals surface area contributed by atoms with Crippen molar-refractivity contribution in [3.63, 3.8) is 0 Å². The Balaban J connectivity index is 1.01. The minimum Gasteiger partial charge on any atom is -0.454 e. The molecule has 5 heteroatoms. The molecular formula is C51H32N4O. The molecule has 0 amide bonds. The quantitative estimate of drug-likeness (QED) is 0.193. The molecule has 5 nitrogen and oxygen atoms in total. The van der Waals surface area contributed by atoms with Crippen molar-refractivity contribution in [3.05, 3.63) is 204 Å². The Kier molecular flexibility index (Phi) is 6.69. The first-order valence-electron chi connectivity index (χ1n) is 19.1. The summed E-state index contributed by atoms with van der Waals surface area (Å²) in [6.45, 7) is 0. The van der Waals surface area contributed by atoms with Crippen LogP contribution in [0.4, 0.5) is 0 Å². The second kappa shape index (κ2) is 12.1. The zero-order chi connectivity index (χ0) is 36.7. The highest BCUT2D eigenvalue weighted by molar-refractivity contribution is 6.28. The van der Waals surface area contributed by atoms with Gasteiger partial charge in [-0.05, 0) is 66.6 Å². The Labute approximate surface area is 323 Å². The van der Waals surface area contributed by atoms with E-state index >= 15 is 0 Å². The fourth-order valence-electron chi connectivity index (χ4n) is 8.98. The zero-order valence-corrected chi connectivity index (χ0v) is 30.1. The molecule has 8 aromatic carbocycles. The van der Waals surface area contributed by atoms with E-state index in [1.54, 1.807) is 0 Å². The highest BCUT2D eigenvalue weighted by Crippen LogP contribution is 2.49. The molecule has 0 saturated carbocycles. The van der Waals surface area contributed by atoms with Gasteiger partial charge in [0, 0.05) is 22.1 Å². The number of hydrogen-bond donors (Lipinski definition) is 1. The highest BCUT2D eigenvalue weighted by atomic mass is 16.3. The molecule has 3 heterocycles. The molecule has 2 atom stereocenters. The van der Waals surface area contributed by atoms with E-state index in [9.17, 15) is 0 Å². The lowest BCUT2D eigenvalue weighted by molar-refractivity contribution is 0.604. The number of hydrogen-bond acceptors (Lipinski definition) is 5. The van der Waals surface area contributed by atoms with E-state index in [2.05, 4.69) is 151 Å². The molecule has 3 aliphatic rings. The number of fused-ring (bicyclic) bond motifs is 7. The van der Waals surface area contributed by atoms with Gasteiger partial charge < -0.3 is 9.73 Å². The van der Waals surface area contributed by atoms with Gasteiger partial charge in [0.1, 0.15) is 29.0 Å². The molecule has 0 spiro atoms. The van der Waals surface area contributed by atoms with Crippen LogP contribution in [0.2, 0.25) is 0 Å². The molecule has 0 bridgehead atoms. The van der Waals surface area contributed by atoms with Crippen molar-refractivity contribution in [1.82, 2.24) is 5.32 Å². The molecule has 0 radical (unpaired) electrons. The van der Waals surface area contributed by atoms with E-state index in [1.807, 2.05) is 30.3 Å². The zero-order valence-electron chi connectivity index (χ0n) is 30.1. The van der Waals surface area contributed by atoms with Crippen LogP contribution in [-0.4, -0.2) is 17.4 Å². The number of aliphatic imine (C=N–C) groups is 3. The standard InChI is InChI=1S/C51H32N4O/c1-2-13-32(14-3-1)49-53-50(33-26-24-31(25-27-33)35-20-10-15-30-12-4-5-16-34(30)35)55-51(54-49)47-45-42-19-8-9-23-43(42)56-48(45)46(52-47)41-29-28-40-37-18-7-6-17-36(37)38-21-11-22-39(41)44(38)40/h1-29,47,50H,(H,53,54,55). The van der Waals surface area contributed by atoms with Gasteiger partial charge in [-0.2, -0.15) is 0 Å². The predicted molar refractivity (Wildman–Crippen MR) is 229 cm³/mol. The fraction of sp³-hybridized carbons (Fsp3) is 0.0392. The van der Waals surface area contributed by atoms with E-state index in [-0.39, 0.29) is 0 Å². The van der Waals surface area contributed by atoms with Gasteiger partial charge in [-0.1, -0.05) is 170 Å². The van der Waals surface area contributed by atoms with Gasteiger partial charge in [0.2, 0.25) is 0 Å². The summed E-state index contributed by atoms with van der Waals surface area (Å²) in [7, 11) is 0. The maximum absolute atomic E-state index is 6.75. The minimum atomic E-state index is -0.473.